The van der Waals surface area contributed by atoms with Crippen LogP contribution in [-0.4, -0.2) is 34.8 Å². The normalized spacial score (nSPS) is 14.6. The molecule has 0 spiro atoms. The molecule has 1 aliphatic rings. The zero-order chi connectivity index (χ0) is 42.9. The van der Waals surface area contributed by atoms with Crippen LogP contribution in [0.25, 0.3) is 120 Å². The lowest BCUT2D eigenvalue weighted by atomic mass is 9.94. The van der Waals surface area contributed by atoms with Gasteiger partial charge in [-0.1, -0.05) is 146 Å². The number of nitrogens with one attached hydrogen (secondary N) is 1. The van der Waals surface area contributed by atoms with E-state index in [1.165, 1.54) is 37.7 Å². The Kier molecular flexibility index (Phi) is 7.49. The second-order valence-electron chi connectivity index (χ2n) is 17.4. The van der Waals surface area contributed by atoms with E-state index in [1.807, 2.05) is 0 Å². The predicted octanol–water partition coefficient (Wildman–Crippen LogP) is 15.4. The summed E-state index contributed by atoms with van der Waals surface area (Å²) in [4.78, 5) is 16.1. The first-order valence-electron chi connectivity index (χ1n) is 22.2. The second kappa shape index (κ2) is 13.5. The summed E-state index contributed by atoms with van der Waals surface area (Å²) in [5.41, 5.74) is 12.1. The maximum Gasteiger partial charge on any atom is 0.159 e. The Morgan fingerprint density at radius 3 is 2.03 bits per heavy atom. The van der Waals surface area contributed by atoms with Gasteiger partial charge >= 0.3 is 0 Å². The molecule has 10 aromatic carbocycles. The molecule has 0 aliphatic carbocycles. The fraction of sp³-hybridized carbons (Fsp3) is 0.0508. The van der Waals surface area contributed by atoms with Gasteiger partial charge in [0.1, 0.15) is 34.3 Å². The molecule has 306 valence electrons. The minimum Gasteiger partial charge on any atom is -0.456 e. The van der Waals surface area contributed by atoms with Crippen molar-refractivity contribution in [2.75, 3.05) is 7.05 Å². The number of furan rings is 2. The molecule has 0 saturated carbocycles. The van der Waals surface area contributed by atoms with Crippen molar-refractivity contribution < 1.29 is 8.83 Å². The first-order valence-corrected chi connectivity index (χ1v) is 22.2. The highest BCUT2D eigenvalue weighted by Crippen LogP contribution is 2.44. The number of hydrogen-bond donors (Lipinski definition) is 1. The van der Waals surface area contributed by atoms with Gasteiger partial charge in [0.2, 0.25) is 0 Å². The Morgan fingerprint density at radius 1 is 0.446 bits per heavy atom. The molecule has 3 aromatic heterocycles. The monoisotopic (exact) mass is 834 g/mol. The lowest BCUT2D eigenvalue weighted by Gasteiger charge is -2.30. The van der Waals surface area contributed by atoms with E-state index in [4.69, 9.17) is 18.8 Å². The summed E-state index contributed by atoms with van der Waals surface area (Å²) < 4.78 is 13.4. The molecule has 14 rings (SSSR count). The zero-order valence-electron chi connectivity index (χ0n) is 35.6. The molecule has 0 radical (unpaired) electrons. The Morgan fingerprint density at radius 2 is 1.12 bits per heavy atom. The molecule has 65 heavy (non-hydrogen) atoms. The molecule has 0 amide bonds. The van der Waals surface area contributed by atoms with E-state index < -0.39 is 0 Å². The van der Waals surface area contributed by atoms with Crippen LogP contribution in [0.1, 0.15) is 18.1 Å². The van der Waals surface area contributed by atoms with Crippen molar-refractivity contribution in [2.45, 2.75) is 13.1 Å². The topological polar surface area (TPSA) is 70.0 Å². The quantitative estimate of drug-likeness (QED) is 0.192. The number of hydrogen-bond acceptors (Lipinski definition) is 5. The van der Waals surface area contributed by atoms with Gasteiger partial charge in [-0.05, 0) is 81.4 Å². The molecule has 6 heteroatoms. The summed E-state index contributed by atoms with van der Waals surface area (Å²) in [5, 5.41) is 13.9. The van der Waals surface area contributed by atoms with Gasteiger partial charge < -0.3 is 18.7 Å². The number of aromatic nitrogens is 1. The van der Waals surface area contributed by atoms with E-state index in [0.29, 0.717) is 5.84 Å². The Balaban J connectivity index is 0.857. The molecule has 1 aliphatic heterocycles. The van der Waals surface area contributed by atoms with Gasteiger partial charge in [-0.25, -0.2) is 9.98 Å². The number of para-hydroxylation sites is 2. The highest BCUT2D eigenvalue weighted by Gasteiger charge is 2.24. The van der Waals surface area contributed by atoms with Crippen LogP contribution in [0.4, 0.5) is 0 Å². The highest BCUT2D eigenvalue weighted by atomic mass is 16.3. The van der Waals surface area contributed by atoms with E-state index >= 15 is 0 Å². The van der Waals surface area contributed by atoms with Crippen molar-refractivity contribution in [3.05, 3.63) is 193 Å². The fourth-order valence-corrected chi connectivity index (χ4v) is 10.5. The number of benzene rings is 10. The van der Waals surface area contributed by atoms with Crippen molar-refractivity contribution in [3.8, 4) is 22.3 Å². The summed E-state index contributed by atoms with van der Waals surface area (Å²) in [6, 6.07) is 64.9. The maximum atomic E-state index is 6.84. The van der Waals surface area contributed by atoms with Gasteiger partial charge in [-0.15, -0.1) is 0 Å². The third-order valence-electron chi connectivity index (χ3n) is 13.8. The molecule has 1 atom stereocenters. The van der Waals surface area contributed by atoms with Crippen molar-refractivity contribution in [3.63, 3.8) is 0 Å². The number of nitrogens with zero attached hydrogens (tertiary/aromatic N) is 3. The number of aliphatic imine (C=N–C) groups is 2. The van der Waals surface area contributed by atoms with Crippen LogP contribution >= 0.6 is 0 Å². The van der Waals surface area contributed by atoms with Crippen molar-refractivity contribution in [1.29, 1.82) is 0 Å². The van der Waals surface area contributed by atoms with Crippen LogP contribution in [0.5, 0.6) is 0 Å². The lowest BCUT2D eigenvalue weighted by molar-refractivity contribution is 0.398. The standard InChI is InChI=1S/C59H38N4O2/c1-33-60-58(62-59(63(33)2)39-21-20-34-10-3-4-12-36(34)30-39)38-23-25-43-50-31-37(24-28-51(50)64-53(43)32-38)40-14-7-15-44-42(40)27-29-52-54(44)49-19-9-18-48(57(49)65-52)46-17-8-16-45-47-26-22-35-11-5-6-13-41(35)55(47)61-56(45)46/h3-33,61H,1-2H3. The molecule has 6 nitrogen and oxygen atoms in total. The van der Waals surface area contributed by atoms with Gasteiger partial charge in [-0.3, -0.25) is 0 Å². The van der Waals surface area contributed by atoms with Gasteiger partial charge in [0.15, 0.2) is 5.84 Å². The van der Waals surface area contributed by atoms with Gasteiger partial charge in [-0.2, -0.15) is 0 Å². The first-order chi connectivity index (χ1) is 32.0. The van der Waals surface area contributed by atoms with E-state index in [-0.39, 0.29) is 6.17 Å². The molecule has 0 saturated heterocycles. The highest BCUT2D eigenvalue weighted by molar-refractivity contribution is 6.25. The van der Waals surface area contributed by atoms with Crippen LogP contribution < -0.4 is 0 Å². The number of H-pyrrole nitrogens is 1. The minimum absolute atomic E-state index is 0.0800. The van der Waals surface area contributed by atoms with Crippen molar-refractivity contribution >= 4 is 110 Å². The largest absolute Gasteiger partial charge is 0.456 e. The van der Waals surface area contributed by atoms with Crippen LogP contribution in [0, 0.1) is 0 Å². The summed E-state index contributed by atoms with van der Waals surface area (Å²) >= 11 is 0. The zero-order valence-corrected chi connectivity index (χ0v) is 35.6. The summed E-state index contributed by atoms with van der Waals surface area (Å²) in [5.74, 6) is 1.60. The van der Waals surface area contributed by atoms with E-state index in [9.17, 15) is 0 Å². The lowest BCUT2D eigenvalue weighted by Crippen LogP contribution is -2.38. The second-order valence-corrected chi connectivity index (χ2v) is 17.4. The molecule has 4 heterocycles. The number of rotatable bonds is 4. The Labute approximate surface area is 372 Å². The van der Waals surface area contributed by atoms with Gasteiger partial charge in [0.25, 0.3) is 0 Å². The number of aromatic amines is 1. The first kappa shape index (κ1) is 36.0. The molecule has 0 bridgehead atoms. The van der Waals surface area contributed by atoms with Crippen molar-refractivity contribution in [2.24, 2.45) is 9.98 Å². The smallest absolute Gasteiger partial charge is 0.159 e. The molecule has 0 fully saturated rings. The van der Waals surface area contributed by atoms with E-state index in [1.54, 1.807) is 0 Å². The maximum absolute atomic E-state index is 6.84. The third kappa shape index (κ3) is 5.34. The minimum atomic E-state index is -0.0800. The fourth-order valence-electron chi connectivity index (χ4n) is 10.5. The van der Waals surface area contributed by atoms with E-state index in [2.05, 4.69) is 206 Å². The van der Waals surface area contributed by atoms with E-state index in [0.717, 1.165) is 99.5 Å². The number of amidine groups is 2. The molecule has 13 aromatic rings. The SMILES string of the molecule is CC1N=C(c2ccc3c(c2)oc2ccc(-c4cccc5c4ccc4oc6c(-c7cccc8c7[nH]c7c9ccccc9ccc87)cccc6c45)cc23)N=C(c2ccc3ccccc3c2)N1C. The molecule has 1 unspecified atom stereocenters. The van der Waals surface area contributed by atoms with Gasteiger partial charge in [0.05, 0.1) is 11.0 Å². The van der Waals surface area contributed by atoms with Crippen LogP contribution in [0.15, 0.2) is 201 Å². The summed E-state index contributed by atoms with van der Waals surface area (Å²) in [6.07, 6.45) is -0.0800. The number of fused-ring (bicyclic) bond motifs is 14. The third-order valence-corrected chi connectivity index (χ3v) is 13.8. The van der Waals surface area contributed by atoms with Crippen molar-refractivity contribution in [1.82, 2.24) is 9.88 Å². The molecular formula is C59H38N4O2. The molecular weight excluding hydrogens is 797 g/mol. The summed E-state index contributed by atoms with van der Waals surface area (Å²) in [7, 11) is 2.06. The van der Waals surface area contributed by atoms with Crippen LogP contribution in [0.2, 0.25) is 0 Å². The summed E-state index contributed by atoms with van der Waals surface area (Å²) in [6.45, 7) is 2.11. The predicted molar refractivity (Wildman–Crippen MR) is 270 cm³/mol. The Bertz CT molecular complexity index is 4240. The average Bonchev–Trinajstić information content (AvgIpc) is 4.06. The molecule has 1 N–H and O–H groups in total. The van der Waals surface area contributed by atoms with Gasteiger partial charge in [0, 0.05) is 67.0 Å². The Hall–Kier alpha value is -8.48. The van der Waals surface area contributed by atoms with Crippen LogP contribution in [0.3, 0.4) is 0 Å². The average molecular weight is 835 g/mol. The van der Waals surface area contributed by atoms with Crippen LogP contribution in [-0.2, 0) is 0 Å².